The van der Waals surface area contributed by atoms with Crippen molar-refractivity contribution in [2.75, 3.05) is 0 Å². The van der Waals surface area contributed by atoms with E-state index in [1.54, 1.807) is 6.20 Å². The van der Waals surface area contributed by atoms with Crippen LogP contribution in [0.1, 0.15) is 0 Å². The maximum Gasteiger partial charge on any atom is 0.175 e. The van der Waals surface area contributed by atoms with Crippen LogP contribution in [0, 0.1) is 0 Å². The zero-order chi connectivity index (χ0) is 6.81. The van der Waals surface area contributed by atoms with Crippen LogP contribution in [-0.4, -0.2) is 35.6 Å². The molecule has 0 saturated carbocycles. The van der Waals surface area contributed by atoms with Gasteiger partial charge in [-0.25, -0.2) is 4.98 Å². The van der Waals surface area contributed by atoms with Crippen molar-refractivity contribution in [2.24, 2.45) is 0 Å². The molecule has 2 heterocycles. The van der Waals surface area contributed by atoms with Crippen molar-refractivity contribution < 1.29 is 0 Å². The van der Waals surface area contributed by atoms with Crippen molar-refractivity contribution in [2.45, 2.75) is 0 Å². The van der Waals surface area contributed by atoms with Gasteiger partial charge in [0.25, 0.3) is 0 Å². The van der Waals surface area contributed by atoms with Crippen LogP contribution in [0.25, 0.3) is 5.82 Å². The lowest BCUT2D eigenvalue weighted by Gasteiger charge is -1.85. The molecule has 0 unspecified atom stereocenters. The van der Waals surface area contributed by atoms with Crippen LogP contribution in [-0.2, 0) is 0 Å². The van der Waals surface area contributed by atoms with Crippen LogP contribution >= 0.6 is 0 Å². The molecular formula is C3H3N7. The van der Waals surface area contributed by atoms with Gasteiger partial charge in [0.2, 0.25) is 0 Å². The average molecular weight is 137 g/mol. The minimum Gasteiger partial charge on any atom is -0.328 e. The monoisotopic (exact) mass is 137 g/mol. The van der Waals surface area contributed by atoms with Crippen LogP contribution in [0.3, 0.4) is 0 Å². The molecule has 2 aromatic rings. The second kappa shape index (κ2) is 1.87. The molecule has 0 aliphatic rings. The topological polar surface area (TPSA) is 85.2 Å². The second-order valence-electron chi connectivity index (χ2n) is 1.58. The molecule has 0 bridgehead atoms. The van der Waals surface area contributed by atoms with E-state index < -0.39 is 0 Å². The Morgan fingerprint density at radius 1 is 1.30 bits per heavy atom. The smallest absolute Gasteiger partial charge is 0.175 e. The highest BCUT2D eigenvalue weighted by Crippen LogP contribution is 1.91. The Morgan fingerprint density at radius 3 is 2.70 bits per heavy atom. The molecule has 1 N–H and O–H groups in total. The summed E-state index contributed by atoms with van der Waals surface area (Å²) in [5.74, 6) is 0.644. The van der Waals surface area contributed by atoms with E-state index >= 15 is 0 Å². The Bertz CT molecular complexity index is 248. The Hall–Kier alpha value is -1.79. The van der Waals surface area contributed by atoms with E-state index in [0.717, 1.165) is 0 Å². The molecule has 0 atom stereocenters. The van der Waals surface area contributed by atoms with Gasteiger partial charge in [0.05, 0.1) is 12.5 Å². The lowest BCUT2D eigenvalue weighted by Crippen LogP contribution is -1.98. The molecule has 7 heteroatoms. The third-order valence-electron chi connectivity index (χ3n) is 0.989. The van der Waals surface area contributed by atoms with Gasteiger partial charge in [-0.05, 0) is 20.9 Å². The summed E-state index contributed by atoms with van der Waals surface area (Å²) in [5, 5.41) is 13.6. The van der Waals surface area contributed by atoms with Gasteiger partial charge in [0.15, 0.2) is 5.82 Å². The summed E-state index contributed by atoms with van der Waals surface area (Å²) in [6.45, 7) is 0. The van der Waals surface area contributed by atoms with E-state index in [-0.39, 0.29) is 0 Å². The van der Waals surface area contributed by atoms with E-state index in [9.17, 15) is 0 Å². The Morgan fingerprint density at radius 2 is 2.10 bits per heavy atom. The van der Waals surface area contributed by atoms with Crippen molar-refractivity contribution in [3.63, 3.8) is 0 Å². The highest BCUT2D eigenvalue weighted by molar-refractivity contribution is 5.10. The fraction of sp³-hybridized carbons (Fsp3) is 0. The van der Waals surface area contributed by atoms with Gasteiger partial charge in [-0.2, -0.15) is 0 Å². The molecule has 0 aliphatic carbocycles. The zero-order valence-corrected chi connectivity index (χ0v) is 4.84. The van der Waals surface area contributed by atoms with E-state index in [4.69, 9.17) is 0 Å². The van der Waals surface area contributed by atoms with Gasteiger partial charge >= 0.3 is 0 Å². The molecule has 50 valence electrons. The first-order valence-corrected chi connectivity index (χ1v) is 2.57. The predicted molar refractivity (Wildman–Crippen MR) is 29.1 cm³/mol. The minimum atomic E-state index is 0.644. The third kappa shape index (κ3) is 0.642. The number of nitrogens with zero attached hydrogens (tertiary/aromatic N) is 6. The molecular weight excluding hydrogens is 134 g/mol. The quantitative estimate of drug-likeness (QED) is 0.532. The number of rotatable bonds is 1. The predicted octanol–water partition coefficient (Wildman–Crippen LogP) is -1.22. The largest absolute Gasteiger partial charge is 0.328 e. The number of hydrogen-bond acceptors (Lipinski definition) is 5. The lowest BCUT2D eigenvalue weighted by atomic mass is 10.8. The van der Waals surface area contributed by atoms with Crippen LogP contribution in [0.5, 0.6) is 0 Å². The van der Waals surface area contributed by atoms with Crippen LogP contribution in [0.15, 0.2) is 12.5 Å². The lowest BCUT2D eigenvalue weighted by molar-refractivity contribution is 0.696. The van der Waals surface area contributed by atoms with E-state index in [1.165, 1.54) is 11.1 Å². The number of hydrogen-bond donors (Lipinski definition) is 1. The molecule has 0 saturated heterocycles. The molecule has 10 heavy (non-hydrogen) atoms. The molecule has 0 fully saturated rings. The number of H-pyrrole nitrogens is 1. The minimum absolute atomic E-state index is 0.644. The van der Waals surface area contributed by atoms with Crippen molar-refractivity contribution in [1.29, 1.82) is 0 Å². The SMILES string of the molecule is c1ncc(-n2nnnn2)[nH]1. The summed E-state index contributed by atoms with van der Waals surface area (Å²) in [4.78, 5) is 7.80. The fourth-order valence-corrected chi connectivity index (χ4v) is 0.584. The molecule has 2 aromatic heterocycles. The summed E-state index contributed by atoms with van der Waals surface area (Å²) in [5.41, 5.74) is 0. The average Bonchev–Trinajstić information content (AvgIpc) is 2.59. The van der Waals surface area contributed by atoms with Crippen molar-refractivity contribution in [3.05, 3.63) is 12.5 Å². The highest BCUT2D eigenvalue weighted by atomic mass is 15.7. The number of aromatic nitrogens is 7. The summed E-state index contributed by atoms with van der Waals surface area (Å²) in [6, 6.07) is 0. The molecule has 0 amide bonds. The van der Waals surface area contributed by atoms with Crippen LogP contribution in [0.2, 0.25) is 0 Å². The molecule has 0 spiro atoms. The highest BCUT2D eigenvalue weighted by Gasteiger charge is 1.97. The van der Waals surface area contributed by atoms with Crippen LogP contribution < -0.4 is 0 Å². The summed E-state index contributed by atoms with van der Waals surface area (Å²) in [7, 11) is 0. The van der Waals surface area contributed by atoms with Gasteiger partial charge in [-0.15, -0.1) is 0 Å². The zero-order valence-electron chi connectivity index (χ0n) is 4.84. The van der Waals surface area contributed by atoms with Gasteiger partial charge in [0, 0.05) is 0 Å². The first-order chi connectivity index (χ1) is 4.97. The van der Waals surface area contributed by atoms with Crippen LogP contribution in [0.4, 0.5) is 0 Å². The Labute approximate surface area is 55.1 Å². The Kier molecular flexibility index (Phi) is 0.938. The van der Waals surface area contributed by atoms with Crippen molar-refractivity contribution in [3.8, 4) is 5.82 Å². The number of imidazole rings is 1. The maximum absolute atomic E-state index is 3.77. The van der Waals surface area contributed by atoms with E-state index in [0.29, 0.717) is 5.82 Å². The van der Waals surface area contributed by atoms with Crippen molar-refractivity contribution >= 4 is 0 Å². The van der Waals surface area contributed by atoms with E-state index in [1.807, 2.05) is 0 Å². The number of aromatic amines is 1. The summed E-state index contributed by atoms with van der Waals surface area (Å²) >= 11 is 0. The second-order valence-corrected chi connectivity index (χ2v) is 1.58. The maximum atomic E-state index is 3.77. The molecule has 0 radical (unpaired) electrons. The third-order valence-corrected chi connectivity index (χ3v) is 0.989. The van der Waals surface area contributed by atoms with E-state index in [2.05, 4.69) is 30.8 Å². The first kappa shape index (κ1) is 5.03. The molecule has 0 aliphatic heterocycles. The summed E-state index contributed by atoms with van der Waals surface area (Å²) < 4.78 is 0. The molecule has 7 nitrogen and oxygen atoms in total. The summed E-state index contributed by atoms with van der Waals surface area (Å²) in [6.07, 6.45) is 3.10. The Balaban J connectivity index is 2.48. The molecule has 2 rings (SSSR count). The normalized spacial score (nSPS) is 10.0. The standard InChI is InChI=1S/C3H3N7/c1-3(5-2-4-1)10-8-6-7-9-10/h1-2H,(H,4,5). The van der Waals surface area contributed by atoms with Gasteiger partial charge < -0.3 is 4.98 Å². The fourth-order valence-electron chi connectivity index (χ4n) is 0.584. The molecule has 0 aromatic carbocycles. The number of nitrogens with one attached hydrogen (secondary N) is 1. The van der Waals surface area contributed by atoms with Gasteiger partial charge in [0.1, 0.15) is 0 Å². The van der Waals surface area contributed by atoms with Gasteiger partial charge in [-0.1, -0.05) is 4.80 Å². The van der Waals surface area contributed by atoms with Crippen molar-refractivity contribution in [1.82, 2.24) is 35.6 Å². The first-order valence-electron chi connectivity index (χ1n) is 2.57. The van der Waals surface area contributed by atoms with Gasteiger partial charge in [-0.3, -0.25) is 0 Å².